The molecule has 1 aliphatic heterocycles. The quantitative estimate of drug-likeness (QED) is 0.441. The number of aromatic amines is 1. The molecule has 152 valence electrons. The smallest absolute Gasteiger partial charge is 0.231 e. The number of rotatable bonds is 5. The van der Waals surface area contributed by atoms with Crippen molar-refractivity contribution < 1.29 is 4.74 Å². The molecule has 5 rings (SSSR count). The van der Waals surface area contributed by atoms with Crippen LogP contribution in [-0.2, 0) is 4.74 Å². The van der Waals surface area contributed by atoms with E-state index in [0.29, 0.717) is 22.4 Å². The predicted octanol–water partition coefficient (Wildman–Crippen LogP) is 4.33. The Morgan fingerprint density at radius 1 is 0.900 bits per heavy atom. The minimum atomic E-state index is 0.463. The van der Waals surface area contributed by atoms with Crippen molar-refractivity contribution in [3.8, 4) is 0 Å². The second kappa shape index (κ2) is 8.17. The number of H-pyrrole nitrogens is 1. The summed E-state index contributed by atoms with van der Waals surface area (Å²) in [4.78, 5) is 18.8. The fraction of sp³-hybridized carbons (Fsp3) is 0.190. The van der Waals surface area contributed by atoms with Crippen LogP contribution < -0.4 is 15.5 Å². The molecule has 1 fully saturated rings. The summed E-state index contributed by atoms with van der Waals surface area (Å²) in [6, 6.07) is 15.7. The Hall–Kier alpha value is -3.36. The Labute approximate surface area is 178 Å². The molecule has 0 atom stereocenters. The average Bonchev–Trinajstić information content (AvgIpc) is 3.25. The number of hydrogen-bond donors (Lipinski definition) is 3. The third-order valence-electron chi connectivity index (χ3n) is 4.89. The van der Waals surface area contributed by atoms with Gasteiger partial charge in [0, 0.05) is 35.2 Å². The van der Waals surface area contributed by atoms with E-state index in [1.807, 2.05) is 36.4 Å². The number of anilines is 5. The first-order valence-corrected chi connectivity index (χ1v) is 10.1. The highest BCUT2D eigenvalue weighted by atomic mass is 35.5. The molecule has 0 saturated carbocycles. The van der Waals surface area contributed by atoms with E-state index in [2.05, 4.69) is 47.6 Å². The van der Waals surface area contributed by atoms with Crippen molar-refractivity contribution >= 4 is 51.6 Å². The van der Waals surface area contributed by atoms with Crippen LogP contribution in [0.2, 0.25) is 5.02 Å². The van der Waals surface area contributed by atoms with Gasteiger partial charge in [0.1, 0.15) is 5.52 Å². The second-order valence-corrected chi connectivity index (χ2v) is 7.34. The van der Waals surface area contributed by atoms with Crippen molar-refractivity contribution in [1.82, 2.24) is 19.9 Å². The van der Waals surface area contributed by atoms with Crippen molar-refractivity contribution in [3.05, 3.63) is 59.9 Å². The van der Waals surface area contributed by atoms with Gasteiger partial charge < -0.3 is 25.3 Å². The Bertz CT molecular complexity index is 1140. The third kappa shape index (κ3) is 4.00. The molecular weight excluding hydrogens is 402 g/mol. The van der Waals surface area contributed by atoms with Gasteiger partial charge in [0.2, 0.25) is 5.95 Å². The molecular formula is C21H20ClN7O. The van der Waals surface area contributed by atoms with Crippen LogP contribution in [0.25, 0.3) is 11.2 Å². The number of nitrogens with zero attached hydrogens (tertiary/aromatic N) is 4. The van der Waals surface area contributed by atoms with E-state index in [9.17, 15) is 0 Å². The van der Waals surface area contributed by atoms with Gasteiger partial charge in [-0.25, -0.2) is 4.98 Å². The van der Waals surface area contributed by atoms with Gasteiger partial charge in [-0.1, -0.05) is 11.6 Å². The topological polar surface area (TPSA) is 91.0 Å². The number of nitrogens with one attached hydrogen (secondary N) is 3. The van der Waals surface area contributed by atoms with Crippen LogP contribution in [0.1, 0.15) is 0 Å². The second-order valence-electron chi connectivity index (χ2n) is 6.90. The summed E-state index contributed by atoms with van der Waals surface area (Å²) in [5, 5.41) is 7.25. The van der Waals surface area contributed by atoms with Crippen molar-refractivity contribution in [2.75, 3.05) is 41.8 Å². The summed E-state index contributed by atoms with van der Waals surface area (Å²) < 4.78 is 5.42. The highest BCUT2D eigenvalue weighted by molar-refractivity contribution is 6.30. The normalized spacial score (nSPS) is 14.1. The maximum atomic E-state index is 5.98. The zero-order valence-corrected chi connectivity index (χ0v) is 16.9. The van der Waals surface area contributed by atoms with E-state index in [1.54, 1.807) is 6.33 Å². The van der Waals surface area contributed by atoms with Crippen molar-refractivity contribution in [1.29, 1.82) is 0 Å². The molecule has 1 aliphatic rings. The Balaban J connectivity index is 1.38. The Morgan fingerprint density at radius 2 is 1.60 bits per heavy atom. The highest BCUT2D eigenvalue weighted by Gasteiger charge is 2.13. The number of morpholine rings is 1. The molecule has 2 aromatic carbocycles. The first-order chi connectivity index (χ1) is 14.7. The third-order valence-corrected chi connectivity index (χ3v) is 5.14. The summed E-state index contributed by atoms with van der Waals surface area (Å²) in [5.74, 6) is 1.09. The van der Waals surface area contributed by atoms with Crippen LogP contribution in [0.15, 0.2) is 54.9 Å². The van der Waals surface area contributed by atoms with Gasteiger partial charge >= 0.3 is 0 Å². The summed E-state index contributed by atoms with van der Waals surface area (Å²) in [6.45, 7) is 3.35. The summed E-state index contributed by atoms with van der Waals surface area (Å²) >= 11 is 5.98. The number of aromatic nitrogens is 4. The minimum Gasteiger partial charge on any atom is -0.378 e. The van der Waals surface area contributed by atoms with Crippen LogP contribution in [0, 0.1) is 0 Å². The van der Waals surface area contributed by atoms with Gasteiger partial charge in [-0.05, 0) is 48.5 Å². The maximum Gasteiger partial charge on any atom is 0.231 e. The van der Waals surface area contributed by atoms with Crippen LogP contribution in [0.3, 0.4) is 0 Å². The summed E-state index contributed by atoms with van der Waals surface area (Å²) in [6.07, 6.45) is 1.60. The number of fused-ring (bicyclic) bond motifs is 1. The van der Waals surface area contributed by atoms with E-state index in [1.165, 1.54) is 5.69 Å². The fourth-order valence-corrected chi connectivity index (χ4v) is 3.48. The molecule has 3 heterocycles. The predicted molar refractivity (Wildman–Crippen MR) is 119 cm³/mol. The van der Waals surface area contributed by atoms with E-state index < -0.39 is 0 Å². The first-order valence-electron chi connectivity index (χ1n) is 9.68. The van der Waals surface area contributed by atoms with E-state index >= 15 is 0 Å². The van der Waals surface area contributed by atoms with E-state index in [-0.39, 0.29) is 0 Å². The molecule has 0 aliphatic carbocycles. The monoisotopic (exact) mass is 421 g/mol. The molecule has 0 unspecified atom stereocenters. The molecule has 3 N–H and O–H groups in total. The number of halogens is 1. The van der Waals surface area contributed by atoms with Crippen molar-refractivity contribution in [3.63, 3.8) is 0 Å². The largest absolute Gasteiger partial charge is 0.378 e. The number of hydrogen-bond acceptors (Lipinski definition) is 7. The van der Waals surface area contributed by atoms with Crippen molar-refractivity contribution in [2.24, 2.45) is 0 Å². The summed E-state index contributed by atoms with van der Waals surface area (Å²) in [7, 11) is 0. The van der Waals surface area contributed by atoms with Crippen LogP contribution in [0.5, 0.6) is 0 Å². The fourth-order valence-electron chi connectivity index (χ4n) is 3.36. The lowest BCUT2D eigenvalue weighted by atomic mass is 10.2. The molecule has 0 amide bonds. The van der Waals surface area contributed by atoms with Gasteiger partial charge in [-0.2, -0.15) is 9.97 Å². The Kier molecular flexibility index (Phi) is 5.08. The summed E-state index contributed by atoms with van der Waals surface area (Å²) in [5.41, 5.74) is 4.26. The first kappa shape index (κ1) is 18.7. The number of imidazole rings is 1. The van der Waals surface area contributed by atoms with Gasteiger partial charge in [0.25, 0.3) is 0 Å². The number of benzene rings is 2. The zero-order chi connectivity index (χ0) is 20.3. The molecule has 0 spiro atoms. The molecule has 1 saturated heterocycles. The van der Waals surface area contributed by atoms with Crippen LogP contribution in [-0.4, -0.2) is 46.2 Å². The lowest BCUT2D eigenvalue weighted by Crippen LogP contribution is -2.36. The Morgan fingerprint density at radius 3 is 2.37 bits per heavy atom. The lowest BCUT2D eigenvalue weighted by molar-refractivity contribution is 0.122. The minimum absolute atomic E-state index is 0.463. The van der Waals surface area contributed by atoms with Gasteiger partial charge in [0.15, 0.2) is 11.5 Å². The molecule has 9 heteroatoms. The lowest BCUT2D eigenvalue weighted by Gasteiger charge is -2.28. The standard InChI is InChI=1S/C21H20ClN7O/c22-14-1-3-15(4-2-14)25-20-18-19(24-13-23-18)27-21(28-20)26-16-5-7-17(8-6-16)29-9-11-30-12-10-29/h1-8,13H,9-12H2,(H3,23,24,25,26,27,28). The van der Waals surface area contributed by atoms with Crippen LogP contribution in [0.4, 0.5) is 28.8 Å². The molecule has 30 heavy (non-hydrogen) atoms. The van der Waals surface area contributed by atoms with Gasteiger partial charge in [0.05, 0.1) is 19.5 Å². The maximum absolute atomic E-state index is 5.98. The van der Waals surface area contributed by atoms with Gasteiger partial charge in [-0.15, -0.1) is 0 Å². The van der Waals surface area contributed by atoms with Gasteiger partial charge in [-0.3, -0.25) is 0 Å². The molecule has 2 aromatic heterocycles. The molecule has 8 nitrogen and oxygen atoms in total. The van der Waals surface area contributed by atoms with E-state index in [0.717, 1.165) is 43.2 Å². The zero-order valence-electron chi connectivity index (χ0n) is 16.1. The van der Waals surface area contributed by atoms with E-state index in [4.69, 9.17) is 16.3 Å². The molecule has 0 radical (unpaired) electrons. The average molecular weight is 422 g/mol. The molecule has 4 aromatic rings. The number of ether oxygens (including phenoxy) is 1. The SMILES string of the molecule is Clc1ccc(Nc2nc(Nc3ccc(N4CCOCC4)cc3)nc3nc[nH]c23)cc1. The highest BCUT2D eigenvalue weighted by Crippen LogP contribution is 2.26. The molecule has 0 bridgehead atoms. The van der Waals surface area contributed by atoms with Crippen LogP contribution >= 0.6 is 11.6 Å². The van der Waals surface area contributed by atoms with Crippen molar-refractivity contribution in [2.45, 2.75) is 0 Å².